The van der Waals surface area contributed by atoms with Crippen LogP contribution in [0.4, 0.5) is 4.39 Å². The molecule has 1 aromatic carbocycles. The third-order valence-electron chi connectivity index (χ3n) is 4.87. The first-order valence-electron chi connectivity index (χ1n) is 9.33. The minimum Gasteiger partial charge on any atom is -0.493 e. The Morgan fingerprint density at radius 2 is 2.00 bits per heavy atom. The Labute approximate surface area is 170 Å². The van der Waals surface area contributed by atoms with Crippen LogP contribution in [-0.2, 0) is 11.3 Å². The number of carboxylic acid groups (broad SMARTS) is 1. The number of carboxylic acids is 1. The Bertz CT molecular complexity index is 1240. The molecule has 0 bridgehead atoms. The van der Waals surface area contributed by atoms with E-state index in [1.54, 1.807) is 48.1 Å². The number of hydrogen-bond donors (Lipinski definition) is 2. The van der Waals surface area contributed by atoms with Crippen molar-refractivity contribution in [3.05, 3.63) is 65.7 Å². The van der Waals surface area contributed by atoms with Crippen molar-refractivity contribution in [1.29, 1.82) is 0 Å². The number of nitrogens with zero attached hydrogens (tertiary/aromatic N) is 5. The zero-order valence-electron chi connectivity index (χ0n) is 16.0. The number of aliphatic carboxylic acids is 1. The SMILES string of the molecule is CCC(C(=O)O)c1cnc(-c2nn(Cc3ccccc3F)c3ncccc23)nc1O. The second-order valence-electron chi connectivity index (χ2n) is 6.74. The lowest BCUT2D eigenvalue weighted by Crippen LogP contribution is -2.12. The molecule has 0 aliphatic heterocycles. The van der Waals surface area contributed by atoms with E-state index in [2.05, 4.69) is 20.1 Å². The molecular weight excluding hydrogens is 389 g/mol. The minimum absolute atomic E-state index is 0.127. The highest BCUT2D eigenvalue weighted by molar-refractivity contribution is 5.89. The summed E-state index contributed by atoms with van der Waals surface area (Å²) >= 11 is 0. The molecule has 0 amide bonds. The summed E-state index contributed by atoms with van der Waals surface area (Å²) in [7, 11) is 0. The summed E-state index contributed by atoms with van der Waals surface area (Å²) in [6.07, 6.45) is 3.19. The number of aromatic nitrogens is 5. The Balaban J connectivity index is 1.79. The quantitative estimate of drug-likeness (QED) is 0.504. The summed E-state index contributed by atoms with van der Waals surface area (Å²) in [5, 5.41) is 24.8. The lowest BCUT2D eigenvalue weighted by molar-refractivity contribution is -0.138. The van der Waals surface area contributed by atoms with Crippen LogP contribution in [-0.4, -0.2) is 40.9 Å². The van der Waals surface area contributed by atoms with Crippen molar-refractivity contribution in [2.75, 3.05) is 0 Å². The van der Waals surface area contributed by atoms with Crippen molar-refractivity contribution in [1.82, 2.24) is 24.7 Å². The average Bonchev–Trinajstić information content (AvgIpc) is 3.10. The van der Waals surface area contributed by atoms with Crippen molar-refractivity contribution in [2.45, 2.75) is 25.8 Å². The lowest BCUT2D eigenvalue weighted by atomic mass is 9.99. The maximum absolute atomic E-state index is 14.1. The Morgan fingerprint density at radius 1 is 1.20 bits per heavy atom. The van der Waals surface area contributed by atoms with E-state index in [4.69, 9.17) is 0 Å². The summed E-state index contributed by atoms with van der Waals surface area (Å²) in [4.78, 5) is 24.1. The predicted molar refractivity (Wildman–Crippen MR) is 106 cm³/mol. The standard InChI is InChI=1S/C21H18FN5O3/c1-2-13(21(29)30)15-10-24-18(25-20(15)28)17-14-7-5-9-23-19(14)27(26-17)11-12-6-3-4-8-16(12)22/h3-10,13H,2,11H2,1H3,(H,29,30)(H,24,25,28). The van der Waals surface area contributed by atoms with Gasteiger partial charge in [0.2, 0.25) is 5.88 Å². The molecule has 4 rings (SSSR count). The smallest absolute Gasteiger partial charge is 0.311 e. The van der Waals surface area contributed by atoms with Crippen LogP contribution in [0.25, 0.3) is 22.6 Å². The monoisotopic (exact) mass is 407 g/mol. The zero-order chi connectivity index (χ0) is 21.3. The van der Waals surface area contributed by atoms with E-state index in [0.29, 0.717) is 22.3 Å². The van der Waals surface area contributed by atoms with E-state index >= 15 is 0 Å². The number of hydrogen-bond acceptors (Lipinski definition) is 6. The van der Waals surface area contributed by atoms with Gasteiger partial charge in [-0.25, -0.2) is 19.0 Å². The molecule has 0 spiro atoms. The van der Waals surface area contributed by atoms with Gasteiger partial charge < -0.3 is 10.2 Å². The highest BCUT2D eigenvalue weighted by Gasteiger charge is 2.24. The second kappa shape index (κ2) is 7.86. The van der Waals surface area contributed by atoms with E-state index in [1.807, 2.05) is 0 Å². The van der Waals surface area contributed by atoms with Gasteiger partial charge >= 0.3 is 5.97 Å². The van der Waals surface area contributed by atoms with Crippen LogP contribution >= 0.6 is 0 Å². The molecule has 0 saturated heterocycles. The number of rotatable bonds is 6. The van der Waals surface area contributed by atoms with Crippen molar-refractivity contribution in [2.24, 2.45) is 0 Å². The van der Waals surface area contributed by atoms with Gasteiger partial charge in [0, 0.05) is 23.5 Å². The maximum Gasteiger partial charge on any atom is 0.311 e. The molecule has 8 nitrogen and oxygen atoms in total. The number of fused-ring (bicyclic) bond motifs is 1. The third-order valence-corrected chi connectivity index (χ3v) is 4.87. The van der Waals surface area contributed by atoms with Crippen LogP contribution in [0, 0.1) is 5.82 Å². The van der Waals surface area contributed by atoms with E-state index in [1.165, 1.54) is 12.3 Å². The number of aromatic hydroxyl groups is 1. The summed E-state index contributed by atoms with van der Waals surface area (Å²) < 4.78 is 15.7. The van der Waals surface area contributed by atoms with Crippen LogP contribution < -0.4 is 0 Å². The molecule has 4 aromatic rings. The lowest BCUT2D eigenvalue weighted by Gasteiger charge is -2.11. The van der Waals surface area contributed by atoms with Crippen LogP contribution in [0.3, 0.4) is 0 Å². The van der Waals surface area contributed by atoms with Crippen LogP contribution in [0.15, 0.2) is 48.8 Å². The molecule has 152 valence electrons. The summed E-state index contributed by atoms with van der Waals surface area (Å²) in [5.74, 6) is -2.60. The Kier molecular flexibility index (Phi) is 5.09. The summed E-state index contributed by atoms with van der Waals surface area (Å²) in [6, 6.07) is 9.91. The van der Waals surface area contributed by atoms with E-state index in [0.717, 1.165) is 0 Å². The normalized spacial score (nSPS) is 12.2. The number of halogens is 1. The maximum atomic E-state index is 14.1. The first-order valence-corrected chi connectivity index (χ1v) is 9.33. The Hall–Kier alpha value is -3.88. The average molecular weight is 407 g/mol. The largest absolute Gasteiger partial charge is 0.493 e. The number of carbonyl (C=O) groups is 1. The van der Waals surface area contributed by atoms with Gasteiger partial charge in [0.15, 0.2) is 11.5 Å². The molecule has 3 aromatic heterocycles. The van der Waals surface area contributed by atoms with Crippen LogP contribution in [0.1, 0.15) is 30.4 Å². The fraction of sp³-hybridized carbons (Fsp3) is 0.190. The topological polar surface area (TPSA) is 114 Å². The summed E-state index contributed by atoms with van der Waals surface area (Å²) in [6.45, 7) is 1.86. The highest BCUT2D eigenvalue weighted by atomic mass is 19.1. The van der Waals surface area contributed by atoms with Gasteiger partial charge in [-0.2, -0.15) is 10.1 Å². The van der Waals surface area contributed by atoms with Crippen molar-refractivity contribution in [3.8, 4) is 17.4 Å². The Morgan fingerprint density at radius 3 is 2.70 bits per heavy atom. The van der Waals surface area contributed by atoms with Crippen molar-refractivity contribution in [3.63, 3.8) is 0 Å². The van der Waals surface area contributed by atoms with Gasteiger partial charge in [-0.15, -0.1) is 0 Å². The summed E-state index contributed by atoms with van der Waals surface area (Å²) in [5.41, 5.74) is 1.46. The van der Waals surface area contributed by atoms with E-state index in [9.17, 15) is 19.4 Å². The fourth-order valence-corrected chi connectivity index (χ4v) is 3.34. The third kappa shape index (κ3) is 3.45. The highest BCUT2D eigenvalue weighted by Crippen LogP contribution is 2.30. The predicted octanol–water partition coefficient (Wildman–Crippen LogP) is 3.36. The molecular formula is C21H18FN5O3. The molecule has 9 heteroatoms. The molecule has 0 aliphatic carbocycles. The van der Waals surface area contributed by atoms with Crippen molar-refractivity contribution < 1.29 is 19.4 Å². The zero-order valence-corrected chi connectivity index (χ0v) is 16.0. The fourth-order valence-electron chi connectivity index (χ4n) is 3.34. The molecule has 0 saturated carbocycles. The first kappa shape index (κ1) is 19.4. The second-order valence-corrected chi connectivity index (χ2v) is 6.74. The minimum atomic E-state index is -1.06. The first-order chi connectivity index (χ1) is 14.5. The van der Waals surface area contributed by atoms with Gasteiger partial charge in [-0.05, 0) is 24.6 Å². The van der Waals surface area contributed by atoms with E-state index in [-0.39, 0.29) is 30.2 Å². The molecule has 1 atom stereocenters. The number of pyridine rings is 1. The van der Waals surface area contributed by atoms with Crippen LogP contribution in [0.2, 0.25) is 0 Å². The molecule has 30 heavy (non-hydrogen) atoms. The van der Waals surface area contributed by atoms with Crippen LogP contribution in [0.5, 0.6) is 5.88 Å². The van der Waals surface area contributed by atoms with Gasteiger partial charge in [-0.3, -0.25) is 4.79 Å². The van der Waals surface area contributed by atoms with Gasteiger partial charge in [0.05, 0.1) is 17.8 Å². The van der Waals surface area contributed by atoms with Gasteiger partial charge in [-0.1, -0.05) is 25.1 Å². The molecule has 0 radical (unpaired) electrons. The van der Waals surface area contributed by atoms with Crippen molar-refractivity contribution >= 4 is 17.0 Å². The molecule has 0 fully saturated rings. The van der Waals surface area contributed by atoms with Gasteiger partial charge in [0.1, 0.15) is 11.5 Å². The molecule has 2 N–H and O–H groups in total. The van der Waals surface area contributed by atoms with Gasteiger partial charge in [0.25, 0.3) is 0 Å². The molecule has 3 heterocycles. The van der Waals surface area contributed by atoms with E-state index < -0.39 is 17.8 Å². The molecule has 1 unspecified atom stereocenters. The number of benzene rings is 1. The molecule has 0 aliphatic rings.